The molecular weight excluding hydrogens is 427 g/mol. The lowest BCUT2D eigenvalue weighted by Crippen LogP contribution is -2.42. The molecule has 3 heterocycles. The quantitative estimate of drug-likeness (QED) is 0.699. The molecule has 1 unspecified atom stereocenters. The van der Waals surface area contributed by atoms with E-state index in [0.29, 0.717) is 11.9 Å². The van der Waals surface area contributed by atoms with Crippen LogP contribution in [0.25, 0.3) is 0 Å². The summed E-state index contributed by atoms with van der Waals surface area (Å²) in [7, 11) is 0. The zero-order valence-corrected chi connectivity index (χ0v) is 18.0. The number of nitrogens with zero attached hydrogens (tertiary/aromatic N) is 5. The molecule has 0 bridgehead atoms. The van der Waals surface area contributed by atoms with Crippen molar-refractivity contribution in [1.82, 2.24) is 24.8 Å². The number of aromatic nitrogens is 3. The van der Waals surface area contributed by atoms with Crippen molar-refractivity contribution in [1.29, 1.82) is 0 Å². The number of piperidine rings is 1. The van der Waals surface area contributed by atoms with Gasteiger partial charge < -0.3 is 10.0 Å². The number of likely N-dealkylation sites (tertiary alicyclic amines) is 2. The Morgan fingerprint density at radius 2 is 1.72 bits per heavy atom. The first-order chi connectivity index (χ1) is 15.2. The summed E-state index contributed by atoms with van der Waals surface area (Å²) < 4.78 is 33.8. The molecule has 2 fully saturated rings. The van der Waals surface area contributed by atoms with Gasteiger partial charge in [-0.1, -0.05) is 17.4 Å². The van der Waals surface area contributed by atoms with E-state index in [9.17, 15) is 18.0 Å². The molecule has 1 aromatic heterocycles. The standard InChI is InChI=1S/C19H29N5O.C2HF3O2/c25-19(16-6-2-1-3-7-16)23-12-8-18(9-13-23)24-15-17(20-21-24)14-22-10-4-5-11-22;3-2(4,5)1(6)7/h1-2,15-16,18H,3-14H2;(H,6,7). The maximum absolute atomic E-state index is 12.6. The number of amides is 1. The Balaban J connectivity index is 0.000000360. The predicted molar refractivity (Wildman–Crippen MR) is 110 cm³/mol. The van der Waals surface area contributed by atoms with E-state index >= 15 is 0 Å². The van der Waals surface area contributed by atoms with Gasteiger partial charge in [0.2, 0.25) is 5.91 Å². The van der Waals surface area contributed by atoms with Gasteiger partial charge in [0.05, 0.1) is 17.9 Å². The van der Waals surface area contributed by atoms with Crippen LogP contribution in [-0.4, -0.2) is 74.1 Å². The number of carbonyl (C=O) groups excluding carboxylic acids is 1. The molecule has 1 atom stereocenters. The second kappa shape index (κ2) is 10.9. The number of hydrogen-bond acceptors (Lipinski definition) is 5. The van der Waals surface area contributed by atoms with Crippen molar-refractivity contribution >= 4 is 11.9 Å². The van der Waals surface area contributed by atoms with Crippen LogP contribution in [0.5, 0.6) is 0 Å². The third-order valence-corrected chi connectivity index (χ3v) is 6.15. The third-order valence-electron chi connectivity index (χ3n) is 6.15. The highest BCUT2D eigenvalue weighted by molar-refractivity contribution is 5.79. The highest BCUT2D eigenvalue weighted by Gasteiger charge is 2.38. The van der Waals surface area contributed by atoms with E-state index in [0.717, 1.165) is 57.4 Å². The number of halogens is 3. The van der Waals surface area contributed by atoms with Crippen molar-refractivity contribution in [2.75, 3.05) is 26.2 Å². The lowest BCUT2D eigenvalue weighted by Gasteiger charge is -2.34. The molecule has 0 spiro atoms. The highest BCUT2D eigenvalue weighted by atomic mass is 19.4. The molecule has 11 heteroatoms. The molecule has 0 saturated carbocycles. The van der Waals surface area contributed by atoms with E-state index in [1.807, 2.05) is 4.68 Å². The molecule has 1 aromatic rings. The number of alkyl halides is 3. The largest absolute Gasteiger partial charge is 0.490 e. The van der Waals surface area contributed by atoms with Crippen LogP contribution in [0.1, 0.15) is 56.7 Å². The van der Waals surface area contributed by atoms with Gasteiger partial charge in [0, 0.05) is 25.6 Å². The minimum Gasteiger partial charge on any atom is -0.475 e. The fourth-order valence-corrected chi connectivity index (χ4v) is 4.36. The van der Waals surface area contributed by atoms with Crippen LogP contribution < -0.4 is 0 Å². The summed E-state index contributed by atoms with van der Waals surface area (Å²) in [6.45, 7) is 5.00. The average Bonchev–Trinajstić information content (AvgIpc) is 3.46. The Bertz CT molecular complexity index is 797. The molecule has 4 rings (SSSR count). The van der Waals surface area contributed by atoms with Crippen LogP contribution in [0.15, 0.2) is 18.3 Å². The van der Waals surface area contributed by atoms with Gasteiger partial charge >= 0.3 is 12.1 Å². The number of carboxylic acids is 1. The van der Waals surface area contributed by atoms with Crippen LogP contribution in [0.3, 0.4) is 0 Å². The smallest absolute Gasteiger partial charge is 0.475 e. The Kier molecular flexibility index (Phi) is 8.27. The van der Waals surface area contributed by atoms with E-state index in [-0.39, 0.29) is 5.92 Å². The first-order valence-corrected chi connectivity index (χ1v) is 11.1. The number of allylic oxidation sites excluding steroid dienone is 2. The van der Waals surface area contributed by atoms with E-state index in [1.54, 1.807) is 0 Å². The molecule has 0 radical (unpaired) electrons. The minimum atomic E-state index is -5.08. The lowest BCUT2D eigenvalue weighted by molar-refractivity contribution is -0.192. The van der Waals surface area contributed by atoms with Crippen molar-refractivity contribution in [3.8, 4) is 0 Å². The van der Waals surface area contributed by atoms with Crippen LogP contribution in [-0.2, 0) is 16.1 Å². The number of carbonyl (C=O) groups is 2. The van der Waals surface area contributed by atoms with Gasteiger partial charge in [-0.3, -0.25) is 9.69 Å². The topological polar surface area (TPSA) is 91.6 Å². The molecule has 1 aliphatic carbocycles. The van der Waals surface area contributed by atoms with E-state index in [4.69, 9.17) is 9.90 Å². The average molecular weight is 457 g/mol. The lowest BCUT2D eigenvalue weighted by atomic mass is 9.92. The molecule has 2 saturated heterocycles. The zero-order valence-electron chi connectivity index (χ0n) is 18.0. The number of aliphatic carboxylic acids is 1. The third kappa shape index (κ3) is 6.78. The van der Waals surface area contributed by atoms with Crippen molar-refractivity contribution in [3.63, 3.8) is 0 Å². The fourth-order valence-electron chi connectivity index (χ4n) is 4.36. The van der Waals surface area contributed by atoms with Crippen molar-refractivity contribution in [3.05, 3.63) is 24.0 Å². The summed E-state index contributed by atoms with van der Waals surface area (Å²) in [5.41, 5.74) is 1.08. The first kappa shape index (κ1) is 24.2. The Hall–Kier alpha value is -2.43. The molecule has 1 amide bonds. The molecule has 3 aliphatic rings. The van der Waals surface area contributed by atoms with Crippen LogP contribution in [0, 0.1) is 5.92 Å². The van der Waals surface area contributed by atoms with E-state index in [1.165, 1.54) is 25.9 Å². The van der Waals surface area contributed by atoms with Gasteiger partial charge in [-0.25, -0.2) is 9.48 Å². The number of rotatable bonds is 4. The van der Waals surface area contributed by atoms with Gasteiger partial charge in [0.25, 0.3) is 0 Å². The summed E-state index contributed by atoms with van der Waals surface area (Å²) in [6, 6.07) is 0.384. The number of carboxylic acid groups (broad SMARTS) is 1. The summed E-state index contributed by atoms with van der Waals surface area (Å²) in [5, 5.41) is 15.9. The van der Waals surface area contributed by atoms with Gasteiger partial charge in [-0.05, 0) is 58.0 Å². The van der Waals surface area contributed by atoms with Crippen LogP contribution >= 0.6 is 0 Å². The first-order valence-electron chi connectivity index (χ1n) is 11.1. The molecule has 1 N–H and O–H groups in total. The summed E-state index contributed by atoms with van der Waals surface area (Å²) in [5.74, 6) is -2.19. The van der Waals surface area contributed by atoms with Crippen molar-refractivity contribution in [2.24, 2.45) is 5.92 Å². The molecule has 178 valence electrons. The second-order valence-electron chi connectivity index (χ2n) is 8.51. The van der Waals surface area contributed by atoms with E-state index < -0.39 is 12.1 Å². The van der Waals surface area contributed by atoms with Crippen LogP contribution in [0.4, 0.5) is 13.2 Å². The minimum absolute atomic E-state index is 0.208. The monoisotopic (exact) mass is 457 g/mol. The maximum atomic E-state index is 12.6. The summed E-state index contributed by atoms with van der Waals surface area (Å²) in [6.07, 6.45) is 8.95. The Labute approximate surface area is 185 Å². The van der Waals surface area contributed by atoms with Gasteiger partial charge in [-0.2, -0.15) is 13.2 Å². The normalized spacial score (nSPS) is 22.5. The predicted octanol–water partition coefficient (Wildman–Crippen LogP) is 3.03. The summed E-state index contributed by atoms with van der Waals surface area (Å²) in [4.78, 5) is 26.1. The van der Waals surface area contributed by atoms with Crippen LogP contribution in [0.2, 0.25) is 0 Å². The second-order valence-corrected chi connectivity index (χ2v) is 8.51. The molecule has 8 nitrogen and oxygen atoms in total. The van der Waals surface area contributed by atoms with Gasteiger partial charge in [-0.15, -0.1) is 5.10 Å². The Morgan fingerprint density at radius 1 is 1.06 bits per heavy atom. The van der Waals surface area contributed by atoms with Gasteiger partial charge in [0.1, 0.15) is 0 Å². The number of hydrogen-bond donors (Lipinski definition) is 1. The van der Waals surface area contributed by atoms with Gasteiger partial charge in [0.15, 0.2) is 0 Å². The molecular formula is C21H30F3N5O3. The Morgan fingerprint density at radius 3 is 2.28 bits per heavy atom. The zero-order chi connectivity index (χ0) is 23.1. The maximum Gasteiger partial charge on any atom is 0.490 e. The molecule has 0 aromatic carbocycles. The SMILES string of the molecule is O=C(C1CC=CCC1)N1CCC(n2cc(CN3CCCC3)nn2)CC1.O=C(O)C(F)(F)F. The molecule has 32 heavy (non-hydrogen) atoms. The highest BCUT2D eigenvalue weighted by Crippen LogP contribution is 2.26. The fraction of sp³-hybridized carbons (Fsp3) is 0.714. The summed E-state index contributed by atoms with van der Waals surface area (Å²) >= 11 is 0. The van der Waals surface area contributed by atoms with Crippen molar-refractivity contribution < 1.29 is 27.9 Å². The van der Waals surface area contributed by atoms with E-state index in [2.05, 4.69) is 38.5 Å². The van der Waals surface area contributed by atoms with Crippen molar-refractivity contribution in [2.45, 2.75) is 63.7 Å². The molecule has 2 aliphatic heterocycles.